The first kappa shape index (κ1) is 16.0. The quantitative estimate of drug-likeness (QED) is 0.778. The van der Waals surface area contributed by atoms with E-state index in [1.165, 1.54) is 0 Å². The lowest BCUT2D eigenvalue weighted by molar-refractivity contribution is -0.152. The van der Waals surface area contributed by atoms with Crippen LogP contribution in [0.1, 0.15) is 52.9 Å². The molecule has 0 aromatic carbocycles. The summed E-state index contributed by atoms with van der Waals surface area (Å²) < 4.78 is 0. The minimum absolute atomic E-state index is 0.157. The number of Topliss-reactive ketones (excluding diaryl/α,β-unsaturated/α-hetero) is 1. The summed E-state index contributed by atoms with van der Waals surface area (Å²) in [6.45, 7) is 11.0. The molecule has 0 radical (unpaired) electrons. The molecule has 3 aliphatic carbocycles. The molecular formula is C20H30O2. The second-order valence-corrected chi connectivity index (χ2v) is 8.49. The molecule has 0 aromatic rings. The van der Waals surface area contributed by atoms with Crippen LogP contribution >= 0.6 is 0 Å². The van der Waals surface area contributed by atoms with Gasteiger partial charge >= 0.3 is 0 Å². The second kappa shape index (κ2) is 5.33. The number of hydrogen-bond donors (Lipinski definition) is 1. The molecule has 3 rings (SSSR count). The summed E-state index contributed by atoms with van der Waals surface area (Å²) in [4.78, 5) is 12.4. The molecule has 3 aliphatic rings. The van der Waals surface area contributed by atoms with Gasteiger partial charge in [-0.3, -0.25) is 4.79 Å². The number of rotatable bonds is 2. The number of carbonyl (C=O) groups excluding carboxylic acids is 1. The van der Waals surface area contributed by atoms with Gasteiger partial charge in [0.15, 0.2) is 0 Å². The average molecular weight is 302 g/mol. The Balaban J connectivity index is 1.98. The van der Waals surface area contributed by atoms with Crippen molar-refractivity contribution in [1.82, 2.24) is 0 Å². The van der Waals surface area contributed by atoms with Crippen molar-refractivity contribution in [2.45, 2.75) is 52.9 Å². The van der Waals surface area contributed by atoms with Crippen LogP contribution in [0.15, 0.2) is 24.3 Å². The summed E-state index contributed by atoms with van der Waals surface area (Å²) in [6, 6.07) is 0. The topological polar surface area (TPSA) is 37.3 Å². The van der Waals surface area contributed by atoms with E-state index < -0.39 is 0 Å². The molecule has 0 heterocycles. The molecule has 22 heavy (non-hydrogen) atoms. The van der Waals surface area contributed by atoms with Gasteiger partial charge in [-0.15, -0.1) is 6.58 Å². The fourth-order valence-corrected chi connectivity index (χ4v) is 6.14. The van der Waals surface area contributed by atoms with Crippen LogP contribution < -0.4 is 0 Å². The number of ketones is 1. The van der Waals surface area contributed by atoms with Crippen molar-refractivity contribution >= 4 is 5.78 Å². The van der Waals surface area contributed by atoms with Crippen molar-refractivity contribution in [3.8, 4) is 0 Å². The van der Waals surface area contributed by atoms with E-state index >= 15 is 0 Å². The van der Waals surface area contributed by atoms with E-state index in [-0.39, 0.29) is 17.4 Å². The zero-order chi connectivity index (χ0) is 16.1. The standard InChI is InChI=1S/C20H30O2/c1-5-14-13(12-21)6-8-16-15(14)7-9-17-19(2,3)18(22)10-11-20(16,17)4/h5-6,14-17,21H,1,7-12H2,2-4H3/t14-,15-,16-,17+,20+/m1/s1. The lowest BCUT2D eigenvalue weighted by Gasteiger charge is -2.60. The van der Waals surface area contributed by atoms with Crippen molar-refractivity contribution in [3.63, 3.8) is 0 Å². The largest absolute Gasteiger partial charge is 0.392 e. The van der Waals surface area contributed by atoms with Crippen molar-refractivity contribution in [3.05, 3.63) is 24.3 Å². The number of hydrogen-bond acceptors (Lipinski definition) is 2. The Morgan fingerprint density at radius 1 is 1.36 bits per heavy atom. The number of fused-ring (bicyclic) bond motifs is 3. The van der Waals surface area contributed by atoms with Crippen LogP contribution in [-0.2, 0) is 4.79 Å². The van der Waals surface area contributed by atoms with Gasteiger partial charge in [0.25, 0.3) is 0 Å². The lowest BCUT2D eigenvalue weighted by atomic mass is 9.43. The first-order valence-corrected chi connectivity index (χ1v) is 8.82. The van der Waals surface area contributed by atoms with Gasteiger partial charge in [-0.05, 0) is 54.4 Å². The molecule has 2 nitrogen and oxygen atoms in total. The minimum Gasteiger partial charge on any atom is -0.392 e. The van der Waals surface area contributed by atoms with Gasteiger partial charge in [0.1, 0.15) is 5.78 Å². The molecule has 1 N–H and O–H groups in total. The SMILES string of the molecule is C=C[C@@H]1C(CO)=CC[C@@H]2[C@@H]1CC[C@H]1C(C)(C)C(=O)CC[C@@]21C. The maximum Gasteiger partial charge on any atom is 0.138 e. The molecule has 0 saturated heterocycles. The predicted molar refractivity (Wildman–Crippen MR) is 89.3 cm³/mol. The lowest BCUT2D eigenvalue weighted by Crippen LogP contribution is -2.56. The fourth-order valence-electron chi connectivity index (χ4n) is 6.14. The third-order valence-electron chi connectivity index (χ3n) is 7.39. The highest BCUT2D eigenvalue weighted by molar-refractivity contribution is 5.85. The molecule has 122 valence electrons. The Hall–Kier alpha value is -0.890. The maximum absolute atomic E-state index is 12.4. The Morgan fingerprint density at radius 3 is 2.73 bits per heavy atom. The van der Waals surface area contributed by atoms with E-state index in [0.717, 1.165) is 37.7 Å². The van der Waals surface area contributed by atoms with Gasteiger partial charge < -0.3 is 5.11 Å². The van der Waals surface area contributed by atoms with E-state index in [0.29, 0.717) is 29.5 Å². The summed E-state index contributed by atoms with van der Waals surface area (Å²) >= 11 is 0. The molecule has 0 unspecified atom stereocenters. The van der Waals surface area contributed by atoms with E-state index in [1.807, 2.05) is 6.08 Å². The van der Waals surface area contributed by atoms with Crippen LogP contribution in [0, 0.1) is 34.5 Å². The monoisotopic (exact) mass is 302 g/mol. The van der Waals surface area contributed by atoms with Gasteiger partial charge in [0.2, 0.25) is 0 Å². The first-order valence-electron chi connectivity index (χ1n) is 8.82. The van der Waals surface area contributed by atoms with E-state index in [9.17, 15) is 9.90 Å². The Morgan fingerprint density at radius 2 is 2.09 bits per heavy atom. The fraction of sp³-hybridized carbons (Fsp3) is 0.750. The minimum atomic E-state index is -0.178. The third-order valence-corrected chi connectivity index (χ3v) is 7.39. The molecule has 0 bridgehead atoms. The number of carbonyl (C=O) groups is 1. The number of aliphatic hydroxyl groups excluding tert-OH is 1. The van der Waals surface area contributed by atoms with Gasteiger partial charge in [-0.2, -0.15) is 0 Å². The van der Waals surface area contributed by atoms with Crippen LogP contribution in [0.25, 0.3) is 0 Å². The van der Waals surface area contributed by atoms with Crippen LogP contribution in [0.2, 0.25) is 0 Å². The summed E-state index contributed by atoms with van der Waals surface area (Å²) in [5.41, 5.74) is 1.23. The number of aliphatic hydroxyl groups is 1. The first-order chi connectivity index (χ1) is 10.4. The van der Waals surface area contributed by atoms with Crippen molar-refractivity contribution in [2.24, 2.45) is 34.5 Å². The van der Waals surface area contributed by atoms with Crippen molar-refractivity contribution in [1.29, 1.82) is 0 Å². The highest BCUT2D eigenvalue weighted by Crippen LogP contribution is 2.63. The normalized spacial score (nSPS) is 43.8. The summed E-state index contributed by atoms with van der Waals surface area (Å²) in [6.07, 6.45) is 9.43. The van der Waals surface area contributed by atoms with E-state index in [1.54, 1.807) is 0 Å². The Kier molecular flexibility index (Phi) is 3.87. The van der Waals surface area contributed by atoms with E-state index in [2.05, 4.69) is 33.4 Å². The molecule has 5 atom stereocenters. The molecular weight excluding hydrogens is 272 g/mol. The Labute approximate surface area is 134 Å². The number of allylic oxidation sites excluding steroid dienone is 2. The van der Waals surface area contributed by atoms with E-state index in [4.69, 9.17) is 0 Å². The van der Waals surface area contributed by atoms with Crippen LogP contribution in [0.4, 0.5) is 0 Å². The molecule has 0 spiro atoms. The summed E-state index contributed by atoms with van der Waals surface area (Å²) in [5.74, 6) is 2.49. The smallest absolute Gasteiger partial charge is 0.138 e. The molecule has 0 aliphatic heterocycles. The van der Waals surface area contributed by atoms with Crippen LogP contribution in [0.3, 0.4) is 0 Å². The highest BCUT2D eigenvalue weighted by Gasteiger charge is 2.58. The summed E-state index contributed by atoms with van der Waals surface area (Å²) in [5, 5.41) is 9.64. The molecule has 2 fully saturated rings. The molecule has 0 aromatic heterocycles. The van der Waals surface area contributed by atoms with Gasteiger partial charge in [-0.25, -0.2) is 0 Å². The van der Waals surface area contributed by atoms with Crippen LogP contribution in [0.5, 0.6) is 0 Å². The molecule has 0 amide bonds. The van der Waals surface area contributed by atoms with Crippen molar-refractivity contribution in [2.75, 3.05) is 6.61 Å². The third kappa shape index (κ3) is 2.06. The maximum atomic E-state index is 12.4. The van der Waals surface area contributed by atoms with Gasteiger partial charge in [0.05, 0.1) is 6.61 Å². The predicted octanol–water partition coefficient (Wildman–Crippen LogP) is 4.15. The zero-order valence-electron chi connectivity index (χ0n) is 14.3. The summed E-state index contributed by atoms with van der Waals surface area (Å²) in [7, 11) is 0. The Bertz CT molecular complexity index is 516. The second-order valence-electron chi connectivity index (χ2n) is 8.49. The van der Waals surface area contributed by atoms with Crippen LogP contribution in [-0.4, -0.2) is 17.5 Å². The average Bonchev–Trinajstić information content (AvgIpc) is 2.50. The molecule has 2 saturated carbocycles. The zero-order valence-corrected chi connectivity index (χ0v) is 14.3. The van der Waals surface area contributed by atoms with Gasteiger partial charge in [0, 0.05) is 17.8 Å². The van der Waals surface area contributed by atoms with Crippen molar-refractivity contribution < 1.29 is 9.90 Å². The highest BCUT2D eigenvalue weighted by atomic mass is 16.3. The van der Waals surface area contributed by atoms with Gasteiger partial charge in [-0.1, -0.05) is 32.9 Å². The molecule has 2 heteroatoms.